The molecule has 0 aliphatic carbocycles. The molecule has 3 aromatic carbocycles. The number of hydrogen-bond donors (Lipinski definition) is 1. The zero-order chi connectivity index (χ0) is 22.9. The van der Waals surface area contributed by atoms with E-state index in [1.807, 2.05) is 26.0 Å². The highest BCUT2D eigenvalue weighted by atomic mass is 16.6. The number of ether oxygens (including phenoxy) is 3. The van der Waals surface area contributed by atoms with Crippen LogP contribution in [-0.2, 0) is 0 Å². The number of nitrogens with one attached hydrogen (secondary N) is 1. The average Bonchev–Trinajstić information content (AvgIpc) is 2.81. The first kappa shape index (κ1) is 22.6. The van der Waals surface area contributed by atoms with E-state index in [2.05, 4.69) is 10.5 Å². The Morgan fingerprint density at radius 3 is 2.28 bits per heavy atom. The van der Waals surface area contributed by atoms with Crippen LogP contribution in [0.3, 0.4) is 0 Å². The summed E-state index contributed by atoms with van der Waals surface area (Å²) in [6.07, 6.45) is 1.48. The normalized spacial score (nSPS) is 10.6. The minimum absolute atomic E-state index is 0.271. The molecule has 0 aromatic heterocycles. The van der Waals surface area contributed by atoms with Crippen molar-refractivity contribution in [2.24, 2.45) is 5.10 Å². The number of esters is 1. The van der Waals surface area contributed by atoms with Crippen LogP contribution in [0, 0.1) is 6.92 Å². The zero-order valence-corrected chi connectivity index (χ0v) is 18.1. The van der Waals surface area contributed by atoms with Gasteiger partial charge in [-0.3, -0.25) is 4.79 Å². The number of amides is 1. The summed E-state index contributed by atoms with van der Waals surface area (Å²) in [6, 6.07) is 18.8. The van der Waals surface area contributed by atoms with Gasteiger partial charge in [0, 0.05) is 5.56 Å². The molecular weight excluding hydrogens is 408 g/mol. The van der Waals surface area contributed by atoms with E-state index in [9.17, 15) is 9.59 Å². The van der Waals surface area contributed by atoms with Gasteiger partial charge in [0.15, 0.2) is 11.5 Å². The molecule has 1 N–H and O–H groups in total. The molecule has 0 saturated heterocycles. The van der Waals surface area contributed by atoms with E-state index >= 15 is 0 Å². The molecule has 7 nitrogen and oxygen atoms in total. The number of hydrazone groups is 1. The highest BCUT2D eigenvalue weighted by molar-refractivity contribution is 5.95. The summed E-state index contributed by atoms with van der Waals surface area (Å²) in [5.74, 6) is 0.484. The minimum atomic E-state index is -0.516. The Hall–Kier alpha value is -4.13. The molecular formula is C25H24N2O5. The van der Waals surface area contributed by atoms with Gasteiger partial charge in [0.1, 0.15) is 5.75 Å². The number of carbonyl (C=O) groups is 2. The van der Waals surface area contributed by atoms with Crippen molar-refractivity contribution in [3.8, 4) is 17.2 Å². The average molecular weight is 432 g/mol. The molecule has 164 valence electrons. The maximum absolute atomic E-state index is 12.4. The number of nitrogens with zero attached hydrogens (tertiary/aromatic N) is 1. The highest BCUT2D eigenvalue weighted by Gasteiger charge is 2.13. The molecule has 32 heavy (non-hydrogen) atoms. The Balaban J connectivity index is 1.64. The third-order valence-corrected chi connectivity index (χ3v) is 4.48. The standard InChI is InChI=1S/C25H24N2O5/c1-4-31-21-12-10-20(11-13-21)25(29)32-22-14-7-18(15-23(22)30-3)16-26-27-24(28)19-8-5-17(2)6-9-19/h5-16H,4H2,1-3H3,(H,27,28)/b26-16-. The topological polar surface area (TPSA) is 86.2 Å². The molecule has 7 heteroatoms. The summed E-state index contributed by atoms with van der Waals surface area (Å²) >= 11 is 0. The van der Waals surface area contributed by atoms with Crippen molar-refractivity contribution >= 4 is 18.1 Å². The lowest BCUT2D eigenvalue weighted by Crippen LogP contribution is -2.17. The van der Waals surface area contributed by atoms with Crippen molar-refractivity contribution in [1.82, 2.24) is 5.43 Å². The van der Waals surface area contributed by atoms with E-state index in [1.165, 1.54) is 13.3 Å². The number of aryl methyl sites for hydroxylation is 1. The molecule has 3 rings (SSSR count). The van der Waals surface area contributed by atoms with Crippen LogP contribution in [0.5, 0.6) is 17.2 Å². The molecule has 0 saturated carbocycles. The van der Waals surface area contributed by atoms with E-state index in [0.29, 0.717) is 34.8 Å². The van der Waals surface area contributed by atoms with Crippen molar-refractivity contribution in [3.05, 3.63) is 89.0 Å². The molecule has 0 spiro atoms. The van der Waals surface area contributed by atoms with Crippen LogP contribution in [0.1, 0.15) is 38.8 Å². The van der Waals surface area contributed by atoms with Crippen molar-refractivity contribution in [2.75, 3.05) is 13.7 Å². The van der Waals surface area contributed by atoms with Crippen LogP contribution in [0.25, 0.3) is 0 Å². The number of carbonyl (C=O) groups excluding carboxylic acids is 2. The van der Waals surface area contributed by atoms with Crippen LogP contribution in [0.4, 0.5) is 0 Å². The maximum Gasteiger partial charge on any atom is 0.343 e. The predicted octanol–water partition coefficient (Wildman–Crippen LogP) is 4.39. The lowest BCUT2D eigenvalue weighted by atomic mass is 10.1. The summed E-state index contributed by atoms with van der Waals surface area (Å²) in [6.45, 7) is 4.39. The molecule has 0 aliphatic rings. The van der Waals surface area contributed by atoms with Gasteiger partial charge in [0.2, 0.25) is 0 Å². The van der Waals surface area contributed by atoms with Gasteiger partial charge in [-0.2, -0.15) is 5.10 Å². The van der Waals surface area contributed by atoms with Gasteiger partial charge in [-0.15, -0.1) is 0 Å². The lowest BCUT2D eigenvalue weighted by molar-refractivity contribution is 0.0729. The number of rotatable bonds is 8. The van der Waals surface area contributed by atoms with Crippen molar-refractivity contribution in [1.29, 1.82) is 0 Å². The number of hydrogen-bond acceptors (Lipinski definition) is 6. The summed E-state index contributed by atoms with van der Waals surface area (Å²) in [4.78, 5) is 24.6. The van der Waals surface area contributed by atoms with Gasteiger partial charge in [-0.05, 0) is 74.0 Å². The monoisotopic (exact) mass is 432 g/mol. The van der Waals surface area contributed by atoms with Gasteiger partial charge in [0.05, 0.1) is 25.5 Å². The first-order chi connectivity index (χ1) is 15.5. The van der Waals surface area contributed by atoms with Gasteiger partial charge in [-0.25, -0.2) is 10.2 Å². The molecule has 0 atom stereocenters. The van der Waals surface area contributed by atoms with Gasteiger partial charge >= 0.3 is 5.97 Å². The third kappa shape index (κ3) is 5.95. The second-order valence-corrected chi connectivity index (χ2v) is 6.82. The molecule has 3 aromatic rings. The van der Waals surface area contributed by atoms with Crippen LogP contribution < -0.4 is 19.6 Å². The Morgan fingerprint density at radius 2 is 1.62 bits per heavy atom. The fourth-order valence-corrected chi connectivity index (χ4v) is 2.80. The number of benzene rings is 3. The Morgan fingerprint density at radius 1 is 0.938 bits per heavy atom. The van der Waals surface area contributed by atoms with Crippen LogP contribution >= 0.6 is 0 Å². The van der Waals surface area contributed by atoms with E-state index in [1.54, 1.807) is 54.6 Å². The summed E-state index contributed by atoms with van der Waals surface area (Å²) in [5.41, 5.74) is 5.11. The fraction of sp³-hybridized carbons (Fsp3) is 0.160. The fourth-order valence-electron chi connectivity index (χ4n) is 2.80. The van der Waals surface area contributed by atoms with Gasteiger partial charge in [0.25, 0.3) is 5.91 Å². The van der Waals surface area contributed by atoms with E-state index in [0.717, 1.165) is 5.56 Å². The molecule has 0 bridgehead atoms. The SMILES string of the molecule is CCOc1ccc(C(=O)Oc2ccc(/C=N\NC(=O)c3ccc(C)cc3)cc2OC)cc1. The summed E-state index contributed by atoms with van der Waals surface area (Å²) < 4.78 is 16.2. The van der Waals surface area contributed by atoms with Crippen molar-refractivity contribution in [2.45, 2.75) is 13.8 Å². The second kappa shape index (κ2) is 10.8. The lowest BCUT2D eigenvalue weighted by Gasteiger charge is -2.10. The minimum Gasteiger partial charge on any atom is -0.494 e. The van der Waals surface area contributed by atoms with E-state index in [4.69, 9.17) is 14.2 Å². The largest absolute Gasteiger partial charge is 0.494 e. The molecule has 0 heterocycles. The first-order valence-corrected chi connectivity index (χ1v) is 10.0. The molecule has 1 amide bonds. The Labute approximate surface area is 186 Å². The van der Waals surface area contributed by atoms with Crippen molar-refractivity contribution in [3.63, 3.8) is 0 Å². The quantitative estimate of drug-likeness (QED) is 0.247. The highest BCUT2D eigenvalue weighted by Crippen LogP contribution is 2.28. The summed E-state index contributed by atoms with van der Waals surface area (Å²) in [5, 5.41) is 3.98. The van der Waals surface area contributed by atoms with Crippen LogP contribution in [0.15, 0.2) is 71.8 Å². The Bertz CT molecular complexity index is 1110. The van der Waals surface area contributed by atoms with Gasteiger partial charge in [-0.1, -0.05) is 17.7 Å². The van der Waals surface area contributed by atoms with E-state index < -0.39 is 5.97 Å². The van der Waals surface area contributed by atoms with Crippen LogP contribution in [-0.4, -0.2) is 31.8 Å². The predicted molar refractivity (Wildman–Crippen MR) is 122 cm³/mol. The Kier molecular flexibility index (Phi) is 7.59. The zero-order valence-electron chi connectivity index (χ0n) is 18.1. The smallest absolute Gasteiger partial charge is 0.343 e. The van der Waals surface area contributed by atoms with Gasteiger partial charge < -0.3 is 14.2 Å². The molecule has 0 aliphatic heterocycles. The van der Waals surface area contributed by atoms with Crippen molar-refractivity contribution < 1.29 is 23.8 Å². The summed E-state index contributed by atoms with van der Waals surface area (Å²) in [7, 11) is 1.48. The van der Waals surface area contributed by atoms with E-state index in [-0.39, 0.29) is 11.7 Å². The molecule has 0 fully saturated rings. The molecule has 0 radical (unpaired) electrons. The first-order valence-electron chi connectivity index (χ1n) is 10.0. The molecule has 0 unspecified atom stereocenters. The third-order valence-electron chi connectivity index (χ3n) is 4.48. The van der Waals surface area contributed by atoms with Crippen LogP contribution in [0.2, 0.25) is 0 Å². The number of methoxy groups -OCH3 is 1. The maximum atomic E-state index is 12.4. The second-order valence-electron chi connectivity index (χ2n) is 6.82.